The van der Waals surface area contributed by atoms with Gasteiger partial charge in [-0.2, -0.15) is 0 Å². The molecule has 0 bridgehead atoms. The number of carbonyl (C=O) groups is 1. The van der Waals surface area contributed by atoms with E-state index in [2.05, 4.69) is 44.0 Å². The van der Waals surface area contributed by atoms with Crippen molar-refractivity contribution in [3.63, 3.8) is 0 Å². The van der Waals surface area contributed by atoms with Gasteiger partial charge in [-0.05, 0) is 56.7 Å². The zero-order chi connectivity index (χ0) is 18.8. The quantitative estimate of drug-likeness (QED) is 0.733. The van der Waals surface area contributed by atoms with Crippen LogP contribution in [0.2, 0.25) is 0 Å². The molecule has 1 atom stereocenters. The summed E-state index contributed by atoms with van der Waals surface area (Å²) in [5.74, 6) is 0.984. The first-order valence-electron chi connectivity index (χ1n) is 9.92. The van der Waals surface area contributed by atoms with E-state index in [1.165, 1.54) is 43.0 Å². The Kier molecular flexibility index (Phi) is 5.38. The number of hydrogen-bond donors (Lipinski definition) is 1. The number of aryl methyl sites for hydroxylation is 1. The largest absolute Gasteiger partial charge is 0.341 e. The Bertz CT molecular complexity index is 793. The minimum atomic E-state index is -0.232. The Morgan fingerprint density at radius 3 is 2.56 bits per heavy atom. The molecule has 4 rings (SSSR count). The molecule has 1 aromatic carbocycles. The number of amides is 1. The van der Waals surface area contributed by atoms with Gasteiger partial charge in [0, 0.05) is 24.8 Å². The Morgan fingerprint density at radius 1 is 1.22 bits per heavy atom. The standard InChI is InChI=1S/C20H27N5OS/c1-3-15-6-8-16(9-7-15)21-18(26)14(2)27-20-23-22-19(24-12-4-5-13-24)25(20)17-10-11-17/h6-9,14,17H,3-5,10-13H2,1-2H3,(H,21,26). The maximum Gasteiger partial charge on any atom is 0.237 e. The third-order valence-electron chi connectivity index (χ3n) is 5.23. The Balaban J connectivity index is 1.44. The average molecular weight is 386 g/mol. The monoisotopic (exact) mass is 385 g/mol. The van der Waals surface area contributed by atoms with Gasteiger partial charge in [-0.15, -0.1) is 10.2 Å². The molecule has 0 spiro atoms. The van der Waals surface area contributed by atoms with Crippen LogP contribution >= 0.6 is 11.8 Å². The maximum atomic E-state index is 12.6. The molecule has 1 N–H and O–H groups in total. The van der Waals surface area contributed by atoms with Gasteiger partial charge in [-0.25, -0.2) is 0 Å². The first-order chi connectivity index (χ1) is 13.2. The molecule has 1 saturated carbocycles. The first-order valence-corrected chi connectivity index (χ1v) is 10.8. The fraction of sp³-hybridized carbons (Fsp3) is 0.550. The number of nitrogens with one attached hydrogen (secondary N) is 1. The zero-order valence-electron chi connectivity index (χ0n) is 16.0. The fourth-order valence-corrected chi connectivity index (χ4v) is 4.33. The average Bonchev–Trinajstić information content (AvgIpc) is 3.20. The van der Waals surface area contributed by atoms with E-state index < -0.39 is 0 Å². The zero-order valence-corrected chi connectivity index (χ0v) is 16.8. The van der Waals surface area contributed by atoms with E-state index in [-0.39, 0.29) is 11.2 Å². The van der Waals surface area contributed by atoms with Gasteiger partial charge in [0.1, 0.15) is 0 Å². The van der Waals surface area contributed by atoms with Gasteiger partial charge in [0.25, 0.3) is 0 Å². The lowest BCUT2D eigenvalue weighted by atomic mass is 10.1. The predicted octanol–water partition coefficient (Wildman–Crippen LogP) is 3.89. The molecule has 2 fully saturated rings. The maximum absolute atomic E-state index is 12.6. The van der Waals surface area contributed by atoms with E-state index in [0.29, 0.717) is 6.04 Å². The van der Waals surface area contributed by atoms with Crippen molar-refractivity contribution in [1.82, 2.24) is 14.8 Å². The highest BCUT2D eigenvalue weighted by atomic mass is 32.2. The summed E-state index contributed by atoms with van der Waals surface area (Å²) in [6, 6.07) is 8.53. The molecule has 1 aromatic heterocycles. The molecule has 2 heterocycles. The van der Waals surface area contributed by atoms with Crippen LogP contribution in [0.4, 0.5) is 11.6 Å². The molecule has 7 heteroatoms. The lowest BCUT2D eigenvalue weighted by Gasteiger charge is -2.18. The summed E-state index contributed by atoms with van der Waals surface area (Å²) in [4.78, 5) is 15.0. The molecule has 144 valence electrons. The first kappa shape index (κ1) is 18.3. The van der Waals surface area contributed by atoms with Gasteiger partial charge in [0.2, 0.25) is 11.9 Å². The smallest absolute Gasteiger partial charge is 0.237 e. The molecule has 1 saturated heterocycles. The van der Waals surface area contributed by atoms with Crippen molar-refractivity contribution in [2.24, 2.45) is 0 Å². The molecule has 2 aromatic rings. The van der Waals surface area contributed by atoms with Crippen molar-refractivity contribution in [3.05, 3.63) is 29.8 Å². The van der Waals surface area contributed by atoms with Crippen LogP contribution in [0.15, 0.2) is 29.4 Å². The van der Waals surface area contributed by atoms with Gasteiger partial charge >= 0.3 is 0 Å². The molecule has 2 aliphatic rings. The third-order valence-corrected chi connectivity index (χ3v) is 6.29. The van der Waals surface area contributed by atoms with E-state index in [1.54, 1.807) is 0 Å². The highest BCUT2D eigenvalue weighted by Gasteiger charge is 2.33. The minimum Gasteiger partial charge on any atom is -0.341 e. The summed E-state index contributed by atoms with van der Waals surface area (Å²) in [7, 11) is 0. The fourth-order valence-electron chi connectivity index (χ4n) is 3.41. The molecule has 1 amide bonds. The molecule has 1 aliphatic heterocycles. The summed E-state index contributed by atoms with van der Waals surface area (Å²) in [6.07, 6.45) is 5.79. The second-order valence-corrected chi connectivity index (χ2v) is 8.69. The summed E-state index contributed by atoms with van der Waals surface area (Å²) in [6.45, 7) is 6.17. The Morgan fingerprint density at radius 2 is 1.93 bits per heavy atom. The number of nitrogens with zero attached hydrogens (tertiary/aromatic N) is 4. The van der Waals surface area contributed by atoms with Gasteiger partial charge in [0.15, 0.2) is 5.16 Å². The molecule has 0 radical (unpaired) electrons. The summed E-state index contributed by atoms with van der Waals surface area (Å²) >= 11 is 1.50. The van der Waals surface area contributed by atoms with Crippen LogP contribution in [-0.2, 0) is 11.2 Å². The number of aromatic nitrogens is 3. The van der Waals surface area contributed by atoms with Gasteiger partial charge in [-0.1, -0.05) is 30.8 Å². The van der Waals surface area contributed by atoms with E-state index in [1.807, 2.05) is 19.1 Å². The van der Waals surface area contributed by atoms with Crippen LogP contribution in [0, 0.1) is 0 Å². The van der Waals surface area contributed by atoms with E-state index >= 15 is 0 Å². The van der Waals surface area contributed by atoms with Crippen molar-refractivity contribution in [3.8, 4) is 0 Å². The van der Waals surface area contributed by atoms with Crippen molar-refractivity contribution >= 4 is 29.3 Å². The number of rotatable bonds is 7. The van der Waals surface area contributed by atoms with E-state index in [9.17, 15) is 4.79 Å². The lowest BCUT2D eigenvalue weighted by molar-refractivity contribution is -0.115. The molecular weight excluding hydrogens is 358 g/mol. The van der Waals surface area contributed by atoms with Crippen molar-refractivity contribution < 1.29 is 4.79 Å². The van der Waals surface area contributed by atoms with Crippen LogP contribution in [0.3, 0.4) is 0 Å². The van der Waals surface area contributed by atoms with Crippen LogP contribution < -0.4 is 10.2 Å². The molecule has 27 heavy (non-hydrogen) atoms. The second-order valence-electron chi connectivity index (χ2n) is 7.38. The molecule has 6 nitrogen and oxygen atoms in total. The highest BCUT2D eigenvalue weighted by molar-refractivity contribution is 8.00. The van der Waals surface area contributed by atoms with Gasteiger partial charge in [-0.3, -0.25) is 9.36 Å². The summed E-state index contributed by atoms with van der Waals surface area (Å²) in [5, 5.41) is 12.5. The Labute approximate surface area is 164 Å². The third kappa shape index (κ3) is 4.13. The summed E-state index contributed by atoms with van der Waals surface area (Å²) in [5.41, 5.74) is 2.11. The van der Waals surface area contributed by atoms with E-state index in [0.717, 1.165) is 36.3 Å². The van der Waals surface area contributed by atoms with Crippen molar-refractivity contribution in [2.75, 3.05) is 23.3 Å². The van der Waals surface area contributed by atoms with E-state index in [4.69, 9.17) is 0 Å². The number of thioether (sulfide) groups is 1. The number of carbonyl (C=O) groups excluding carboxylic acids is 1. The minimum absolute atomic E-state index is 0.00248. The van der Waals surface area contributed by atoms with Crippen LogP contribution in [0.5, 0.6) is 0 Å². The SMILES string of the molecule is CCc1ccc(NC(=O)C(C)Sc2nnc(N3CCCC3)n2C2CC2)cc1. The number of anilines is 2. The normalized spacial score (nSPS) is 17.9. The number of benzene rings is 1. The van der Waals surface area contributed by atoms with Crippen LogP contribution in [0.1, 0.15) is 51.1 Å². The Hall–Kier alpha value is -2.02. The molecule has 1 aliphatic carbocycles. The van der Waals surface area contributed by atoms with Crippen LogP contribution in [0.25, 0.3) is 0 Å². The highest BCUT2D eigenvalue weighted by Crippen LogP contribution is 2.42. The summed E-state index contributed by atoms with van der Waals surface area (Å²) < 4.78 is 2.26. The van der Waals surface area contributed by atoms with Gasteiger partial charge < -0.3 is 10.2 Å². The molecular formula is C20H27N5OS. The van der Waals surface area contributed by atoms with Crippen molar-refractivity contribution in [2.45, 2.75) is 62.4 Å². The lowest BCUT2D eigenvalue weighted by Crippen LogP contribution is -2.24. The van der Waals surface area contributed by atoms with Crippen molar-refractivity contribution in [1.29, 1.82) is 0 Å². The molecule has 1 unspecified atom stereocenters. The van der Waals surface area contributed by atoms with Crippen LogP contribution in [-0.4, -0.2) is 39.0 Å². The van der Waals surface area contributed by atoms with Gasteiger partial charge in [0.05, 0.1) is 5.25 Å². The topological polar surface area (TPSA) is 63.1 Å². The predicted molar refractivity (Wildman–Crippen MR) is 110 cm³/mol. The number of hydrogen-bond acceptors (Lipinski definition) is 5. The second kappa shape index (κ2) is 7.92.